The van der Waals surface area contributed by atoms with Crippen LogP contribution >= 0.6 is 0 Å². The van der Waals surface area contributed by atoms with Crippen LogP contribution < -0.4 is 5.46 Å². The van der Waals surface area contributed by atoms with E-state index in [1.165, 1.54) is 6.42 Å². The minimum absolute atomic E-state index is 0.0546. The van der Waals surface area contributed by atoms with Gasteiger partial charge in [0.2, 0.25) is 0 Å². The molecule has 4 rings (SSSR count). The average Bonchev–Trinajstić information content (AvgIpc) is 3.06. The monoisotopic (exact) mass is 328 g/mol. The molecule has 0 unspecified atom stereocenters. The van der Waals surface area contributed by atoms with Gasteiger partial charge in [0, 0.05) is 12.0 Å². The lowest BCUT2D eigenvalue weighted by Crippen LogP contribution is -2.41. The van der Waals surface area contributed by atoms with Crippen LogP contribution in [-0.2, 0) is 14.0 Å². The molecule has 2 aliphatic rings. The predicted octanol–water partition coefficient (Wildman–Crippen LogP) is 3.03. The fourth-order valence-corrected chi connectivity index (χ4v) is 3.34. The van der Waals surface area contributed by atoms with Crippen molar-refractivity contribution in [1.29, 1.82) is 0 Å². The summed E-state index contributed by atoms with van der Waals surface area (Å²) in [5, 5.41) is 5.65. The number of hydrogen-bond donors (Lipinski definition) is 0. The van der Waals surface area contributed by atoms with E-state index in [4.69, 9.17) is 14.0 Å². The maximum atomic E-state index is 6.15. The minimum Gasteiger partial charge on any atom is -0.399 e. The molecule has 0 saturated carbocycles. The SMILES string of the molecule is CC1(C)OB(c2ccc3c(cnn3[C@H]3CCCCO3)c2)OC1(C)C. The van der Waals surface area contributed by atoms with Crippen molar-refractivity contribution in [3.63, 3.8) is 0 Å². The normalized spacial score (nSPS) is 26.2. The summed E-state index contributed by atoms with van der Waals surface area (Å²) in [5.74, 6) is 0. The minimum atomic E-state index is -0.339. The van der Waals surface area contributed by atoms with Gasteiger partial charge >= 0.3 is 7.12 Å². The van der Waals surface area contributed by atoms with Gasteiger partial charge in [-0.15, -0.1) is 0 Å². The Morgan fingerprint density at radius 1 is 1.12 bits per heavy atom. The molecule has 0 spiro atoms. The Labute approximate surface area is 143 Å². The van der Waals surface area contributed by atoms with Crippen LogP contribution in [0, 0.1) is 0 Å². The zero-order valence-electron chi connectivity index (χ0n) is 14.9. The summed E-state index contributed by atoms with van der Waals surface area (Å²) in [6, 6.07) is 6.29. The Balaban J connectivity index is 1.63. The summed E-state index contributed by atoms with van der Waals surface area (Å²) in [6.07, 6.45) is 5.32. The Morgan fingerprint density at radius 3 is 2.54 bits per heavy atom. The van der Waals surface area contributed by atoms with Crippen molar-refractivity contribution in [1.82, 2.24) is 9.78 Å². The predicted molar refractivity (Wildman–Crippen MR) is 94.3 cm³/mol. The van der Waals surface area contributed by atoms with Crippen molar-refractivity contribution in [2.45, 2.75) is 64.4 Å². The molecule has 0 amide bonds. The number of ether oxygens (including phenoxy) is 1. The summed E-state index contributed by atoms with van der Waals surface area (Å²) >= 11 is 0. The number of rotatable bonds is 2. The van der Waals surface area contributed by atoms with E-state index in [0.717, 1.165) is 35.8 Å². The number of aromatic nitrogens is 2. The van der Waals surface area contributed by atoms with Gasteiger partial charge in [-0.25, -0.2) is 4.68 Å². The van der Waals surface area contributed by atoms with Crippen LogP contribution in [0.5, 0.6) is 0 Å². The topological polar surface area (TPSA) is 45.5 Å². The molecule has 1 aromatic carbocycles. The Morgan fingerprint density at radius 2 is 1.88 bits per heavy atom. The van der Waals surface area contributed by atoms with E-state index in [1.54, 1.807) is 0 Å². The molecule has 2 aromatic rings. The molecule has 6 heteroatoms. The molecule has 5 nitrogen and oxygen atoms in total. The van der Waals surface area contributed by atoms with Gasteiger partial charge in [-0.1, -0.05) is 12.1 Å². The first-order valence-electron chi connectivity index (χ1n) is 8.82. The lowest BCUT2D eigenvalue weighted by molar-refractivity contribution is -0.0366. The third kappa shape index (κ3) is 2.57. The van der Waals surface area contributed by atoms with Crippen molar-refractivity contribution < 1.29 is 14.0 Å². The summed E-state index contributed by atoms with van der Waals surface area (Å²) in [7, 11) is -0.339. The molecule has 0 bridgehead atoms. The van der Waals surface area contributed by atoms with Gasteiger partial charge in [0.05, 0.1) is 22.9 Å². The second-order valence-electron chi connectivity index (χ2n) is 7.82. The average molecular weight is 328 g/mol. The summed E-state index contributed by atoms with van der Waals surface area (Å²) in [4.78, 5) is 0. The zero-order valence-corrected chi connectivity index (χ0v) is 14.9. The number of fused-ring (bicyclic) bond motifs is 1. The van der Waals surface area contributed by atoms with E-state index < -0.39 is 0 Å². The molecule has 0 aliphatic carbocycles. The molecule has 0 radical (unpaired) electrons. The molecule has 2 saturated heterocycles. The van der Waals surface area contributed by atoms with Gasteiger partial charge in [-0.2, -0.15) is 5.10 Å². The van der Waals surface area contributed by atoms with Gasteiger partial charge in [-0.3, -0.25) is 0 Å². The van der Waals surface area contributed by atoms with E-state index in [1.807, 2.05) is 10.9 Å². The molecule has 3 heterocycles. The molecule has 128 valence electrons. The summed E-state index contributed by atoms with van der Waals surface area (Å²) in [6.45, 7) is 9.11. The van der Waals surface area contributed by atoms with Crippen LogP contribution in [0.25, 0.3) is 10.9 Å². The van der Waals surface area contributed by atoms with Crippen LogP contribution in [-0.4, -0.2) is 34.7 Å². The smallest absolute Gasteiger partial charge is 0.399 e. The van der Waals surface area contributed by atoms with E-state index in [0.29, 0.717) is 0 Å². The first-order chi connectivity index (χ1) is 11.4. The van der Waals surface area contributed by atoms with Crippen LogP contribution in [0.3, 0.4) is 0 Å². The van der Waals surface area contributed by atoms with E-state index in [9.17, 15) is 0 Å². The van der Waals surface area contributed by atoms with Crippen LogP contribution in [0.15, 0.2) is 24.4 Å². The summed E-state index contributed by atoms with van der Waals surface area (Å²) in [5.41, 5.74) is 1.48. The number of nitrogens with zero attached hydrogens (tertiary/aromatic N) is 2. The van der Waals surface area contributed by atoms with Crippen LogP contribution in [0.4, 0.5) is 0 Å². The molecule has 1 aromatic heterocycles. The van der Waals surface area contributed by atoms with E-state index in [2.05, 4.69) is 51.0 Å². The van der Waals surface area contributed by atoms with Crippen molar-refractivity contribution in [2.75, 3.05) is 6.61 Å². The third-order valence-electron chi connectivity index (χ3n) is 5.57. The van der Waals surface area contributed by atoms with Crippen molar-refractivity contribution in [3.05, 3.63) is 24.4 Å². The fraction of sp³-hybridized carbons (Fsp3) is 0.611. The quantitative estimate of drug-likeness (QED) is 0.795. The third-order valence-corrected chi connectivity index (χ3v) is 5.57. The lowest BCUT2D eigenvalue weighted by atomic mass is 9.79. The van der Waals surface area contributed by atoms with Crippen molar-refractivity contribution in [2.24, 2.45) is 0 Å². The van der Waals surface area contributed by atoms with E-state index in [-0.39, 0.29) is 24.5 Å². The van der Waals surface area contributed by atoms with Crippen LogP contribution in [0.1, 0.15) is 53.2 Å². The standard InChI is InChI=1S/C18H25BN2O3/c1-17(2)18(3,4)24-19(23-17)14-8-9-15-13(11-14)12-20-21(15)16-7-5-6-10-22-16/h8-9,11-12,16H,5-7,10H2,1-4H3/t16-/m1/s1. The van der Waals surface area contributed by atoms with Crippen LogP contribution in [0.2, 0.25) is 0 Å². The van der Waals surface area contributed by atoms with Crippen molar-refractivity contribution >= 4 is 23.5 Å². The Kier molecular flexibility index (Phi) is 3.75. The van der Waals surface area contributed by atoms with Gasteiger partial charge < -0.3 is 14.0 Å². The fourth-order valence-electron chi connectivity index (χ4n) is 3.34. The van der Waals surface area contributed by atoms with Gasteiger partial charge in [0.15, 0.2) is 6.23 Å². The van der Waals surface area contributed by atoms with Gasteiger partial charge in [0.25, 0.3) is 0 Å². The van der Waals surface area contributed by atoms with E-state index >= 15 is 0 Å². The number of benzene rings is 1. The molecule has 2 fully saturated rings. The lowest BCUT2D eigenvalue weighted by Gasteiger charge is -2.32. The molecule has 24 heavy (non-hydrogen) atoms. The molecular weight excluding hydrogens is 303 g/mol. The first kappa shape index (κ1) is 16.1. The molecule has 2 aliphatic heterocycles. The molecule has 0 N–H and O–H groups in total. The number of hydrogen-bond acceptors (Lipinski definition) is 4. The maximum absolute atomic E-state index is 6.15. The Hall–Kier alpha value is -1.37. The highest BCUT2D eigenvalue weighted by atomic mass is 16.7. The largest absolute Gasteiger partial charge is 0.494 e. The highest BCUT2D eigenvalue weighted by molar-refractivity contribution is 6.62. The molecule has 1 atom stereocenters. The highest BCUT2D eigenvalue weighted by Crippen LogP contribution is 2.36. The van der Waals surface area contributed by atoms with Gasteiger partial charge in [-0.05, 0) is 58.5 Å². The van der Waals surface area contributed by atoms with Crippen molar-refractivity contribution in [3.8, 4) is 0 Å². The Bertz CT molecular complexity index is 734. The molecular formula is C18H25BN2O3. The first-order valence-corrected chi connectivity index (χ1v) is 8.82. The summed E-state index contributed by atoms with van der Waals surface area (Å²) < 4.78 is 20.2. The second-order valence-corrected chi connectivity index (χ2v) is 7.82. The zero-order chi connectivity index (χ0) is 16.9. The highest BCUT2D eigenvalue weighted by Gasteiger charge is 2.51. The second kappa shape index (κ2) is 5.58. The van der Waals surface area contributed by atoms with Gasteiger partial charge in [0.1, 0.15) is 0 Å². The maximum Gasteiger partial charge on any atom is 0.494 e.